The molecule has 0 fully saturated rings. The fraction of sp³-hybridized carbons (Fsp3) is 0.333. The third-order valence-electron chi connectivity index (χ3n) is 5.00. The molecule has 0 unspecified atom stereocenters. The molecule has 1 aliphatic rings. The lowest BCUT2D eigenvalue weighted by Gasteiger charge is -2.05. The first kappa shape index (κ1) is 21.7. The van der Waals surface area contributed by atoms with Gasteiger partial charge in [-0.3, -0.25) is 9.89 Å². The molecular formula is C21H20ClN5O2S2. The van der Waals surface area contributed by atoms with Gasteiger partial charge in [-0.15, -0.1) is 16.4 Å². The van der Waals surface area contributed by atoms with Crippen LogP contribution in [0.1, 0.15) is 35.3 Å². The summed E-state index contributed by atoms with van der Waals surface area (Å²) in [5, 5.41) is 21.2. The van der Waals surface area contributed by atoms with Crippen LogP contribution in [0.3, 0.4) is 0 Å². The Labute approximate surface area is 193 Å². The van der Waals surface area contributed by atoms with Crippen LogP contribution in [0.5, 0.6) is 5.75 Å². The molecule has 0 saturated heterocycles. The van der Waals surface area contributed by atoms with Gasteiger partial charge < -0.3 is 10.1 Å². The number of hydrogen-bond donors (Lipinski definition) is 2. The van der Waals surface area contributed by atoms with Crippen LogP contribution in [-0.2, 0) is 17.6 Å². The first-order valence-corrected chi connectivity index (χ1v) is 12.0. The van der Waals surface area contributed by atoms with E-state index >= 15 is 0 Å². The van der Waals surface area contributed by atoms with Gasteiger partial charge >= 0.3 is 0 Å². The maximum Gasteiger partial charge on any atom is 0.235 e. The zero-order chi connectivity index (χ0) is 21.8. The first-order valence-electron chi connectivity index (χ1n) is 9.82. The van der Waals surface area contributed by atoms with Crippen molar-refractivity contribution in [3.63, 3.8) is 0 Å². The fourth-order valence-electron chi connectivity index (χ4n) is 3.54. The second kappa shape index (κ2) is 9.73. The van der Waals surface area contributed by atoms with Crippen molar-refractivity contribution >= 4 is 45.6 Å². The number of benzene rings is 1. The number of thioether (sulfide) groups is 1. The molecule has 7 nitrogen and oxygen atoms in total. The quantitative estimate of drug-likeness (QED) is 0.382. The molecule has 4 rings (SSSR count). The van der Waals surface area contributed by atoms with Crippen LogP contribution in [0.4, 0.5) is 5.00 Å². The third kappa shape index (κ3) is 4.87. The molecule has 2 aromatic heterocycles. The van der Waals surface area contributed by atoms with Crippen LogP contribution < -0.4 is 10.1 Å². The van der Waals surface area contributed by atoms with Crippen molar-refractivity contribution in [3.05, 3.63) is 39.2 Å². The molecule has 2 N–H and O–H groups in total. The van der Waals surface area contributed by atoms with Crippen LogP contribution in [0.15, 0.2) is 23.4 Å². The third-order valence-corrected chi connectivity index (χ3v) is 7.29. The van der Waals surface area contributed by atoms with Crippen LogP contribution in [0, 0.1) is 11.3 Å². The molecule has 0 bridgehead atoms. The Hall–Kier alpha value is -2.54. The lowest BCUT2D eigenvalue weighted by molar-refractivity contribution is -0.113. The average Bonchev–Trinajstić information content (AvgIpc) is 3.29. The molecule has 10 heteroatoms. The summed E-state index contributed by atoms with van der Waals surface area (Å²) in [6.07, 6.45) is 5.29. The lowest BCUT2D eigenvalue weighted by Crippen LogP contribution is -2.14. The second-order valence-electron chi connectivity index (χ2n) is 7.03. The summed E-state index contributed by atoms with van der Waals surface area (Å²) in [4.78, 5) is 18.2. The Kier molecular flexibility index (Phi) is 6.80. The molecule has 1 amide bonds. The van der Waals surface area contributed by atoms with Gasteiger partial charge in [0.05, 0.1) is 24.0 Å². The van der Waals surface area contributed by atoms with Crippen molar-refractivity contribution < 1.29 is 9.53 Å². The summed E-state index contributed by atoms with van der Waals surface area (Å²) in [5.41, 5.74) is 2.42. The van der Waals surface area contributed by atoms with E-state index in [4.69, 9.17) is 16.3 Å². The summed E-state index contributed by atoms with van der Waals surface area (Å²) in [5.74, 6) is 1.08. The Balaban J connectivity index is 1.42. The van der Waals surface area contributed by atoms with E-state index in [0.29, 0.717) is 37.9 Å². The van der Waals surface area contributed by atoms with Crippen molar-refractivity contribution in [2.45, 2.75) is 37.3 Å². The number of thiophene rings is 1. The van der Waals surface area contributed by atoms with Crippen LogP contribution in [-0.4, -0.2) is 34.0 Å². The predicted molar refractivity (Wildman–Crippen MR) is 123 cm³/mol. The van der Waals surface area contributed by atoms with E-state index in [1.165, 1.54) is 34.4 Å². The Morgan fingerprint density at radius 1 is 1.39 bits per heavy atom. The molecular weight excluding hydrogens is 454 g/mol. The van der Waals surface area contributed by atoms with Gasteiger partial charge in [-0.25, -0.2) is 4.98 Å². The van der Waals surface area contributed by atoms with Crippen molar-refractivity contribution in [1.82, 2.24) is 15.2 Å². The minimum atomic E-state index is -0.190. The number of carbonyl (C=O) groups excluding carboxylic acids is 1. The molecule has 0 atom stereocenters. The number of halogens is 1. The normalized spacial score (nSPS) is 13.2. The van der Waals surface area contributed by atoms with Gasteiger partial charge in [0.25, 0.3) is 0 Å². The number of nitrogens with zero attached hydrogens (tertiary/aromatic N) is 3. The second-order valence-corrected chi connectivity index (χ2v) is 9.51. The Morgan fingerprint density at radius 3 is 3.03 bits per heavy atom. The minimum absolute atomic E-state index is 0.136. The number of nitrogens with one attached hydrogen (secondary N) is 2. The summed E-state index contributed by atoms with van der Waals surface area (Å²) >= 11 is 8.83. The van der Waals surface area contributed by atoms with Gasteiger partial charge in [0.1, 0.15) is 16.8 Å². The van der Waals surface area contributed by atoms with Crippen LogP contribution in [0.2, 0.25) is 5.02 Å². The van der Waals surface area contributed by atoms with Gasteiger partial charge in [-0.05, 0) is 49.4 Å². The molecule has 0 spiro atoms. The minimum Gasteiger partial charge on any atom is -0.496 e. The topological polar surface area (TPSA) is 104 Å². The number of rotatable bonds is 6. The van der Waals surface area contributed by atoms with Gasteiger partial charge in [0.15, 0.2) is 5.82 Å². The Morgan fingerprint density at radius 2 is 2.23 bits per heavy atom. The number of aromatic nitrogens is 3. The zero-order valence-corrected chi connectivity index (χ0v) is 19.2. The van der Waals surface area contributed by atoms with Crippen LogP contribution in [0.25, 0.3) is 11.4 Å². The number of methoxy groups -OCH3 is 1. The molecule has 1 aromatic carbocycles. The highest BCUT2D eigenvalue weighted by atomic mass is 35.5. The first-order chi connectivity index (χ1) is 15.1. The molecule has 160 valence electrons. The highest BCUT2D eigenvalue weighted by molar-refractivity contribution is 7.99. The molecule has 0 saturated carbocycles. The van der Waals surface area contributed by atoms with Crippen molar-refractivity contribution in [1.29, 1.82) is 5.26 Å². The largest absolute Gasteiger partial charge is 0.496 e. The summed E-state index contributed by atoms with van der Waals surface area (Å²) in [6.45, 7) is 0. The number of aromatic amines is 1. The zero-order valence-electron chi connectivity index (χ0n) is 16.8. The van der Waals surface area contributed by atoms with Crippen molar-refractivity contribution in [2.75, 3.05) is 18.2 Å². The van der Waals surface area contributed by atoms with E-state index in [0.717, 1.165) is 31.2 Å². The van der Waals surface area contributed by atoms with E-state index in [-0.39, 0.29) is 11.7 Å². The summed E-state index contributed by atoms with van der Waals surface area (Å²) in [6, 6.07) is 7.52. The number of aryl methyl sites for hydroxylation is 1. The van der Waals surface area contributed by atoms with E-state index < -0.39 is 0 Å². The predicted octanol–water partition coefficient (Wildman–Crippen LogP) is 5.07. The number of nitriles is 1. The maximum absolute atomic E-state index is 12.5. The van der Waals surface area contributed by atoms with Crippen molar-refractivity contribution in [2.24, 2.45) is 0 Å². The number of amides is 1. The van der Waals surface area contributed by atoms with E-state index in [9.17, 15) is 10.1 Å². The van der Waals surface area contributed by atoms with Crippen LogP contribution >= 0.6 is 34.7 Å². The number of ether oxygens (including phenoxy) is 1. The summed E-state index contributed by atoms with van der Waals surface area (Å²) in [7, 11) is 1.57. The average molecular weight is 474 g/mol. The van der Waals surface area contributed by atoms with Gasteiger partial charge in [-0.1, -0.05) is 29.8 Å². The smallest absolute Gasteiger partial charge is 0.235 e. The molecule has 31 heavy (non-hydrogen) atoms. The van der Waals surface area contributed by atoms with Crippen molar-refractivity contribution in [3.8, 4) is 23.2 Å². The van der Waals surface area contributed by atoms with Gasteiger partial charge in [-0.2, -0.15) is 5.26 Å². The number of fused-ring (bicyclic) bond motifs is 1. The number of H-pyrrole nitrogens is 1. The molecule has 0 radical (unpaired) electrons. The van der Waals surface area contributed by atoms with E-state index in [1.54, 1.807) is 25.3 Å². The van der Waals surface area contributed by atoms with Gasteiger partial charge in [0, 0.05) is 9.90 Å². The molecule has 2 heterocycles. The Bertz CT molecular complexity index is 1150. The maximum atomic E-state index is 12.5. The lowest BCUT2D eigenvalue weighted by atomic mass is 10.1. The number of hydrogen-bond acceptors (Lipinski definition) is 7. The number of anilines is 1. The highest BCUT2D eigenvalue weighted by Gasteiger charge is 2.21. The SMILES string of the molecule is COc1ccc(Cl)cc1-c1nc(SCC(=O)Nc2sc3c(c2C#N)CCCCC3)n[nH]1. The van der Waals surface area contributed by atoms with E-state index in [1.807, 2.05) is 0 Å². The molecule has 0 aliphatic heterocycles. The molecule has 3 aromatic rings. The highest BCUT2D eigenvalue weighted by Crippen LogP contribution is 2.37. The fourth-order valence-corrected chi connectivity index (χ4v) is 5.56. The summed E-state index contributed by atoms with van der Waals surface area (Å²) < 4.78 is 5.35. The van der Waals surface area contributed by atoms with E-state index in [2.05, 4.69) is 26.6 Å². The number of carbonyl (C=O) groups is 1. The molecule has 1 aliphatic carbocycles. The van der Waals surface area contributed by atoms with Gasteiger partial charge in [0.2, 0.25) is 11.1 Å². The monoisotopic (exact) mass is 473 g/mol. The standard InChI is InChI=1S/C21H20ClN5O2S2/c1-29-16-8-7-12(22)9-14(16)19-25-21(27-26-19)30-11-18(28)24-20-15(10-23)13-5-3-2-4-6-17(13)31-20/h7-9H,2-6,11H2,1H3,(H,24,28)(H,25,26,27).